The molecule has 2 N–H and O–H groups in total. The molecular formula is C29H26F2N2O4. The summed E-state index contributed by atoms with van der Waals surface area (Å²) >= 11 is 0. The van der Waals surface area contributed by atoms with Gasteiger partial charge in [-0.3, -0.25) is 4.79 Å². The van der Waals surface area contributed by atoms with Gasteiger partial charge in [0.05, 0.1) is 17.9 Å². The van der Waals surface area contributed by atoms with Gasteiger partial charge in [0.25, 0.3) is 0 Å². The lowest BCUT2D eigenvalue weighted by atomic mass is 9.65. The van der Waals surface area contributed by atoms with Gasteiger partial charge in [-0.05, 0) is 48.4 Å². The standard InChI is InChI=1S/C29H26F2N2O4/c1-2-36-28(35)25-15-29-20(10-11-32-25)13-21(37-17-18-6-4-3-5-7-18)14-26(29)33-16-22(29)27(34)19-8-9-23(30)24(31)12-19/h3-10,12-15,22,32-33H,2,11,16-17H2,1H3. The van der Waals surface area contributed by atoms with E-state index >= 15 is 0 Å². The fourth-order valence-corrected chi connectivity index (χ4v) is 5.04. The van der Waals surface area contributed by atoms with Crippen molar-refractivity contribution in [1.29, 1.82) is 0 Å². The molecule has 5 rings (SSSR count). The zero-order chi connectivity index (χ0) is 26.0. The van der Waals surface area contributed by atoms with Crippen LogP contribution in [0.2, 0.25) is 0 Å². The normalized spacial score (nSPS) is 22.0. The molecule has 1 spiro atoms. The number of carbonyl (C=O) groups is 2. The van der Waals surface area contributed by atoms with E-state index < -0.39 is 28.9 Å². The van der Waals surface area contributed by atoms with E-state index in [1.54, 1.807) is 13.0 Å². The summed E-state index contributed by atoms with van der Waals surface area (Å²) in [4.78, 5) is 26.5. The van der Waals surface area contributed by atoms with Crippen LogP contribution < -0.4 is 10.6 Å². The van der Waals surface area contributed by atoms with E-state index in [1.165, 1.54) is 6.07 Å². The van der Waals surface area contributed by atoms with E-state index in [2.05, 4.69) is 10.6 Å². The fourth-order valence-electron chi connectivity index (χ4n) is 5.04. The first-order chi connectivity index (χ1) is 17.9. The summed E-state index contributed by atoms with van der Waals surface area (Å²) in [5.41, 5.74) is 1.67. The van der Waals surface area contributed by atoms with E-state index in [-0.39, 0.29) is 30.2 Å². The molecule has 1 aliphatic carbocycles. The van der Waals surface area contributed by atoms with Crippen molar-refractivity contribution in [3.63, 3.8) is 0 Å². The number of carbonyl (C=O) groups excluding carboxylic acids is 2. The van der Waals surface area contributed by atoms with Gasteiger partial charge in [0.1, 0.15) is 18.1 Å². The zero-order valence-corrected chi connectivity index (χ0v) is 20.2. The smallest absolute Gasteiger partial charge is 0.354 e. The quantitative estimate of drug-likeness (QED) is 0.432. The first-order valence-electron chi connectivity index (χ1n) is 12.1. The predicted octanol–water partition coefficient (Wildman–Crippen LogP) is 4.33. The molecule has 0 saturated carbocycles. The molecule has 2 aromatic rings. The molecule has 2 aromatic carbocycles. The topological polar surface area (TPSA) is 76.7 Å². The number of nitrogens with one attached hydrogen (secondary N) is 2. The van der Waals surface area contributed by atoms with E-state index in [0.717, 1.165) is 23.3 Å². The molecule has 0 amide bonds. The molecule has 0 radical (unpaired) electrons. The largest absolute Gasteiger partial charge is 0.489 e. The zero-order valence-electron chi connectivity index (χ0n) is 20.2. The van der Waals surface area contributed by atoms with Gasteiger partial charge in [0, 0.05) is 30.4 Å². The summed E-state index contributed by atoms with van der Waals surface area (Å²) in [7, 11) is 0. The number of halogens is 2. The second-order valence-corrected chi connectivity index (χ2v) is 8.99. The summed E-state index contributed by atoms with van der Waals surface area (Å²) in [6.07, 6.45) is 7.29. The molecule has 37 heavy (non-hydrogen) atoms. The van der Waals surface area contributed by atoms with Gasteiger partial charge in [0.2, 0.25) is 0 Å². The maximum Gasteiger partial charge on any atom is 0.354 e. The van der Waals surface area contributed by atoms with Crippen LogP contribution in [0.25, 0.3) is 0 Å². The number of ketones is 1. The predicted molar refractivity (Wildman–Crippen MR) is 133 cm³/mol. The number of hydrogen-bond donors (Lipinski definition) is 2. The maximum atomic E-state index is 14.0. The Morgan fingerprint density at radius 2 is 1.86 bits per heavy atom. The molecule has 1 fully saturated rings. The third kappa shape index (κ3) is 4.55. The molecule has 2 aliphatic heterocycles. The molecule has 1 saturated heterocycles. The van der Waals surface area contributed by atoms with Crippen LogP contribution >= 0.6 is 0 Å². The minimum atomic E-state index is -1.09. The van der Waals surface area contributed by atoms with Crippen LogP contribution in [0, 0.1) is 23.0 Å². The van der Waals surface area contributed by atoms with Gasteiger partial charge in [-0.15, -0.1) is 0 Å². The van der Waals surface area contributed by atoms with Crippen LogP contribution in [-0.4, -0.2) is 31.4 Å². The number of esters is 1. The fraction of sp³-hybridized carbons (Fsp3) is 0.241. The molecule has 2 unspecified atom stereocenters. The Hall–Kier alpha value is -4.20. The Morgan fingerprint density at radius 3 is 2.62 bits per heavy atom. The molecule has 8 heteroatoms. The average molecular weight is 505 g/mol. The summed E-state index contributed by atoms with van der Waals surface area (Å²) in [5, 5.41) is 6.39. The summed E-state index contributed by atoms with van der Waals surface area (Å²) < 4.78 is 38.9. The number of hydrogen-bond acceptors (Lipinski definition) is 6. The molecule has 190 valence electrons. The number of rotatable bonds is 7. The van der Waals surface area contributed by atoms with Crippen molar-refractivity contribution in [3.8, 4) is 0 Å². The Bertz CT molecular complexity index is 1360. The third-order valence-electron chi connectivity index (χ3n) is 6.80. The summed E-state index contributed by atoms with van der Waals surface area (Å²) in [5.74, 6) is -3.15. The highest BCUT2D eigenvalue weighted by atomic mass is 19.2. The second-order valence-electron chi connectivity index (χ2n) is 8.99. The summed E-state index contributed by atoms with van der Waals surface area (Å²) in [6.45, 7) is 2.82. The van der Waals surface area contributed by atoms with Gasteiger partial charge < -0.3 is 20.1 Å². The van der Waals surface area contributed by atoms with Crippen LogP contribution in [0.4, 0.5) is 8.78 Å². The third-order valence-corrected chi connectivity index (χ3v) is 6.80. The minimum Gasteiger partial charge on any atom is -0.489 e. The number of ether oxygens (including phenoxy) is 2. The van der Waals surface area contributed by atoms with Gasteiger partial charge in [-0.2, -0.15) is 0 Å². The van der Waals surface area contributed by atoms with Crippen molar-refractivity contribution in [3.05, 3.63) is 118 Å². The number of Topliss-reactive ketones (excluding diaryl/α,β-unsaturated/α-hetero) is 1. The van der Waals surface area contributed by atoms with Crippen LogP contribution in [0.15, 0.2) is 95.6 Å². The molecule has 6 nitrogen and oxygen atoms in total. The molecule has 0 bridgehead atoms. The van der Waals surface area contributed by atoms with Crippen molar-refractivity contribution < 1.29 is 27.8 Å². The summed E-state index contributed by atoms with van der Waals surface area (Å²) in [6, 6.07) is 12.9. The molecule has 3 aliphatic rings. The van der Waals surface area contributed by atoms with Crippen molar-refractivity contribution in [1.82, 2.24) is 10.6 Å². The SMILES string of the molecule is CCOC(=O)C1=CC23C(=CCN1)C=C(OCc1ccccc1)C=C2NCC3C(=O)c1ccc(F)c(F)c1. The Morgan fingerprint density at radius 1 is 1.05 bits per heavy atom. The average Bonchev–Trinajstić information content (AvgIpc) is 3.15. The van der Waals surface area contributed by atoms with Crippen molar-refractivity contribution in [2.75, 3.05) is 19.7 Å². The molecule has 0 aromatic heterocycles. The Balaban J connectivity index is 1.56. The Kier molecular flexibility index (Phi) is 6.65. The van der Waals surface area contributed by atoms with Crippen LogP contribution in [0.1, 0.15) is 22.8 Å². The molecule has 2 heterocycles. The first-order valence-corrected chi connectivity index (χ1v) is 12.1. The van der Waals surface area contributed by atoms with Crippen molar-refractivity contribution >= 4 is 11.8 Å². The van der Waals surface area contributed by atoms with Gasteiger partial charge in [0.15, 0.2) is 17.4 Å². The highest BCUT2D eigenvalue weighted by Crippen LogP contribution is 2.52. The van der Waals surface area contributed by atoms with E-state index in [4.69, 9.17) is 9.47 Å². The maximum absolute atomic E-state index is 14.0. The van der Waals surface area contributed by atoms with E-state index in [1.807, 2.05) is 48.6 Å². The number of benzene rings is 2. The van der Waals surface area contributed by atoms with Crippen LogP contribution in [-0.2, 0) is 20.9 Å². The van der Waals surface area contributed by atoms with Crippen molar-refractivity contribution in [2.45, 2.75) is 13.5 Å². The minimum absolute atomic E-state index is 0.0547. The highest BCUT2D eigenvalue weighted by molar-refractivity contribution is 6.00. The monoisotopic (exact) mass is 504 g/mol. The van der Waals surface area contributed by atoms with Crippen molar-refractivity contribution in [2.24, 2.45) is 11.3 Å². The lowest BCUT2D eigenvalue weighted by Crippen LogP contribution is -2.36. The van der Waals surface area contributed by atoms with E-state index in [0.29, 0.717) is 24.6 Å². The second kappa shape index (κ2) is 10.0. The lowest BCUT2D eigenvalue weighted by molar-refractivity contribution is -0.139. The van der Waals surface area contributed by atoms with Gasteiger partial charge in [-0.25, -0.2) is 13.6 Å². The molecular weight excluding hydrogens is 478 g/mol. The van der Waals surface area contributed by atoms with Crippen LogP contribution in [0.3, 0.4) is 0 Å². The lowest BCUT2D eigenvalue weighted by Gasteiger charge is -2.36. The molecule has 2 atom stereocenters. The van der Waals surface area contributed by atoms with E-state index in [9.17, 15) is 18.4 Å². The highest BCUT2D eigenvalue weighted by Gasteiger charge is 2.53. The van der Waals surface area contributed by atoms with Gasteiger partial charge >= 0.3 is 5.97 Å². The van der Waals surface area contributed by atoms with Gasteiger partial charge in [-0.1, -0.05) is 36.4 Å². The van der Waals surface area contributed by atoms with Crippen LogP contribution in [0.5, 0.6) is 0 Å². The first kappa shape index (κ1) is 24.5. The number of allylic oxidation sites excluding steroid dienone is 3. The Labute approximate surface area is 213 Å².